The van der Waals surface area contributed by atoms with Crippen LogP contribution in [0.2, 0.25) is 0 Å². The highest BCUT2D eigenvalue weighted by Gasteiger charge is 2.29. The Morgan fingerprint density at radius 3 is 2.38 bits per heavy atom. The van der Waals surface area contributed by atoms with Crippen LogP contribution in [0.5, 0.6) is 0 Å². The molecular formula is C12H15N3O. The Morgan fingerprint density at radius 2 is 1.81 bits per heavy atom. The number of hydrogen-bond acceptors (Lipinski definition) is 4. The van der Waals surface area contributed by atoms with Crippen molar-refractivity contribution < 1.29 is 4.42 Å². The van der Waals surface area contributed by atoms with Crippen LogP contribution in [0.3, 0.4) is 0 Å². The molecular weight excluding hydrogens is 202 g/mol. The summed E-state index contributed by atoms with van der Waals surface area (Å²) in [6, 6.07) is 10.6. The second-order valence-electron chi connectivity index (χ2n) is 4.15. The molecule has 0 amide bonds. The topological polar surface area (TPSA) is 51.0 Å². The monoisotopic (exact) mass is 217 g/mol. The normalized spacial score (nSPS) is 11.4. The second kappa shape index (κ2) is 3.96. The number of anilines is 1. The van der Waals surface area contributed by atoms with Crippen LogP contribution in [-0.2, 0) is 5.41 Å². The third-order valence-corrected chi connectivity index (χ3v) is 2.67. The van der Waals surface area contributed by atoms with Crippen LogP contribution in [0, 0.1) is 0 Å². The van der Waals surface area contributed by atoms with Crippen molar-refractivity contribution in [1.82, 2.24) is 10.2 Å². The minimum atomic E-state index is -0.274. The summed E-state index contributed by atoms with van der Waals surface area (Å²) in [7, 11) is 1.76. The van der Waals surface area contributed by atoms with Gasteiger partial charge in [-0.1, -0.05) is 35.4 Å². The largest absolute Gasteiger partial charge is 0.407 e. The van der Waals surface area contributed by atoms with E-state index in [0.717, 1.165) is 5.56 Å². The molecule has 0 saturated carbocycles. The third kappa shape index (κ3) is 1.78. The third-order valence-electron chi connectivity index (χ3n) is 2.67. The van der Waals surface area contributed by atoms with Gasteiger partial charge in [0.05, 0.1) is 5.41 Å². The summed E-state index contributed by atoms with van der Waals surface area (Å²) >= 11 is 0. The fourth-order valence-corrected chi connectivity index (χ4v) is 1.56. The zero-order valence-corrected chi connectivity index (χ0v) is 9.69. The van der Waals surface area contributed by atoms with Crippen molar-refractivity contribution in [2.75, 3.05) is 12.4 Å². The number of benzene rings is 1. The van der Waals surface area contributed by atoms with E-state index in [2.05, 4.69) is 41.5 Å². The molecule has 2 aromatic rings. The number of nitrogens with one attached hydrogen (secondary N) is 1. The Hall–Kier alpha value is -1.84. The molecule has 2 rings (SSSR count). The van der Waals surface area contributed by atoms with Gasteiger partial charge in [-0.15, -0.1) is 5.10 Å². The predicted molar refractivity (Wildman–Crippen MR) is 62.4 cm³/mol. The molecule has 1 N–H and O–H groups in total. The number of aromatic nitrogens is 2. The molecule has 84 valence electrons. The summed E-state index contributed by atoms with van der Waals surface area (Å²) in [5, 5.41) is 10.8. The van der Waals surface area contributed by atoms with Crippen molar-refractivity contribution in [3.8, 4) is 0 Å². The highest BCUT2D eigenvalue weighted by Crippen LogP contribution is 2.30. The average molecular weight is 217 g/mol. The predicted octanol–water partition coefficient (Wildman–Crippen LogP) is 2.44. The molecule has 0 atom stereocenters. The lowest BCUT2D eigenvalue weighted by Crippen LogP contribution is -2.19. The first kappa shape index (κ1) is 10.7. The highest BCUT2D eigenvalue weighted by atomic mass is 16.4. The van der Waals surface area contributed by atoms with Crippen molar-refractivity contribution in [2.45, 2.75) is 19.3 Å². The molecule has 1 aromatic carbocycles. The van der Waals surface area contributed by atoms with Crippen LogP contribution in [0.1, 0.15) is 25.3 Å². The second-order valence-corrected chi connectivity index (χ2v) is 4.15. The summed E-state index contributed by atoms with van der Waals surface area (Å²) in [4.78, 5) is 0. The van der Waals surface area contributed by atoms with Gasteiger partial charge in [-0.05, 0) is 19.4 Å². The van der Waals surface area contributed by atoms with Gasteiger partial charge in [0, 0.05) is 7.05 Å². The number of nitrogens with zero attached hydrogens (tertiary/aromatic N) is 2. The fraction of sp³-hybridized carbons (Fsp3) is 0.333. The quantitative estimate of drug-likeness (QED) is 0.857. The van der Waals surface area contributed by atoms with Gasteiger partial charge in [-0.3, -0.25) is 0 Å². The van der Waals surface area contributed by atoms with E-state index in [-0.39, 0.29) is 5.41 Å². The standard InChI is InChI=1S/C12H15N3O/c1-12(2,9-7-5-4-6-8-9)10-14-15-11(13-3)16-10/h4-8H,1-3H3,(H,13,15). The van der Waals surface area contributed by atoms with Crippen molar-refractivity contribution in [3.63, 3.8) is 0 Å². The summed E-state index contributed by atoms with van der Waals surface area (Å²) in [6.07, 6.45) is 0. The molecule has 0 fully saturated rings. The van der Waals surface area contributed by atoms with Gasteiger partial charge >= 0.3 is 6.01 Å². The first-order valence-electron chi connectivity index (χ1n) is 5.22. The Morgan fingerprint density at radius 1 is 1.12 bits per heavy atom. The van der Waals surface area contributed by atoms with Gasteiger partial charge in [0.25, 0.3) is 0 Å². The first-order valence-corrected chi connectivity index (χ1v) is 5.22. The maximum Gasteiger partial charge on any atom is 0.315 e. The molecule has 0 spiro atoms. The van der Waals surface area contributed by atoms with Crippen molar-refractivity contribution in [3.05, 3.63) is 41.8 Å². The smallest absolute Gasteiger partial charge is 0.315 e. The van der Waals surface area contributed by atoms with Crippen LogP contribution in [-0.4, -0.2) is 17.2 Å². The number of rotatable bonds is 3. The molecule has 0 aliphatic heterocycles. The van der Waals surface area contributed by atoms with Gasteiger partial charge in [0.1, 0.15) is 0 Å². The van der Waals surface area contributed by atoms with Crippen LogP contribution < -0.4 is 5.32 Å². The molecule has 4 heteroatoms. The minimum Gasteiger partial charge on any atom is -0.407 e. The molecule has 0 aliphatic carbocycles. The molecule has 0 radical (unpaired) electrons. The lowest BCUT2D eigenvalue weighted by Gasteiger charge is -2.20. The molecule has 16 heavy (non-hydrogen) atoms. The van der Waals surface area contributed by atoms with Gasteiger partial charge < -0.3 is 9.73 Å². The Labute approximate surface area is 94.7 Å². The lowest BCUT2D eigenvalue weighted by molar-refractivity contribution is 0.421. The molecule has 0 aliphatic rings. The van der Waals surface area contributed by atoms with E-state index in [1.54, 1.807) is 7.05 Å². The van der Waals surface area contributed by atoms with Gasteiger partial charge in [0.2, 0.25) is 5.89 Å². The Bertz CT molecular complexity index is 462. The zero-order valence-electron chi connectivity index (χ0n) is 9.69. The van der Waals surface area contributed by atoms with Crippen LogP contribution in [0.25, 0.3) is 0 Å². The molecule has 4 nitrogen and oxygen atoms in total. The van der Waals surface area contributed by atoms with Gasteiger partial charge in [-0.2, -0.15) is 0 Å². The van der Waals surface area contributed by atoms with Gasteiger partial charge in [0.15, 0.2) is 0 Å². The van der Waals surface area contributed by atoms with E-state index in [1.807, 2.05) is 18.2 Å². The molecule has 1 aromatic heterocycles. The SMILES string of the molecule is CNc1nnc(C(C)(C)c2ccccc2)o1. The summed E-state index contributed by atoms with van der Waals surface area (Å²) in [5.74, 6) is 0.614. The van der Waals surface area contributed by atoms with Crippen molar-refractivity contribution in [2.24, 2.45) is 0 Å². The lowest BCUT2D eigenvalue weighted by atomic mass is 9.85. The number of hydrogen-bond donors (Lipinski definition) is 1. The van der Waals surface area contributed by atoms with E-state index >= 15 is 0 Å². The van der Waals surface area contributed by atoms with E-state index in [9.17, 15) is 0 Å². The van der Waals surface area contributed by atoms with Crippen LogP contribution in [0.15, 0.2) is 34.7 Å². The van der Waals surface area contributed by atoms with Crippen LogP contribution >= 0.6 is 0 Å². The van der Waals surface area contributed by atoms with E-state index in [1.165, 1.54) is 0 Å². The highest BCUT2D eigenvalue weighted by molar-refractivity contribution is 5.30. The molecule has 0 bridgehead atoms. The summed E-state index contributed by atoms with van der Waals surface area (Å²) < 4.78 is 5.52. The molecule has 0 unspecified atom stereocenters. The zero-order chi connectivity index (χ0) is 11.6. The van der Waals surface area contributed by atoms with Crippen molar-refractivity contribution >= 4 is 6.01 Å². The summed E-state index contributed by atoms with van der Waals surface area (Å²) in [6.45, 7) is 4.13. The van der Waals surface area contributed by atoms with E-state index < -0.39 is 0 Å². The summed E-state index contributed by atoms with van der Waals surface area (Å²) in [5.41, 5.74) is 0.880. The first-order chi connectivity index (χ1) is 7.64. The molecule has 0 saturated heterocycles. The maximum atomic E-state index is 5.52. The Kier molecular flexibility index (Phi) is 2.64. The van der Waals surface area contributed by atoms with Crippen molar-refractivity contribution in [1.29, 1.82) is 0 Å². The Balaban J connectivity index is 2.38. The molecule has 1 heterocycles. The van der Waals surface area contributed by atoms with Crippen LogP contribution in [0.4, 0.5) is 6.01 Å². The maximum absolute atomic E-state index is 5.52. The van der Waals surface area contributed by atoms with E-state index in [0.29, 0.717) is 11.9 Å². The average Bonchev–Trinajstić information content (AvgIpc) is 2.79. The van der Waals surface area contributed by atoms with E-state index in [4.69, 9.17) is 4.42 Å². The minimum absolute atomic E-state index is 0.274. The fourth-order valence-electron chi connectivity index (χ4n) is 1.56. The van der Waals surface area contributed by atoms with Gasteiger partial charge in [-0.25, -0.2) is 0 Å².